The van der Waals surface area contributed by atoms with E-state index in [-0.39, 0.29) is 5.91 Å². The van der Waals surface area contributed by atoms with Crippen molar-refractivity contribution in [3.05, 3.63) is 59.1 Å². The van der Waals surface area contributed by atoms with Crippen LogP contribution in [0.4, 0.5) is 11.4 Å². The number of rotatable bonds is 8. The Bertz CT molecular complexity index is 631. The largest absolute Gasteiger partial charge is 0.380 e. The lowest BCUT2D eigenvalue weighted by Gasteiger charge is -2.11. The van der Waals surface area contributed by atoms with Gasteiger partial charge in [0.25, 0.3) is 0 Å². The lowest BCUT2D eigenvalue weighted by atomic mass is 10.2. The summed E-state index contributed by atoms with van der Waals surface area (Å²) in [6.07, 6.45) is 1.30. The van der Waals surface area contributed by atoms with Crippen LogP contribution in [0.25, 0.3) is 0 Å². The molecule has 0 aliphatic carbocycles. The van der Waals surface area contributed by atoms with Crippen LogP contribution in [0.5, 0.6) is 0 Å². The summed E-state index contributed by atoms with van der Waals surface area (Å²) in [5.41, 5.74) is 2.75. The standard InChI is InChI=1S/C18H22ClN3O/c1-20-11-5-8-18(23)22-15-9-10-17(16(19)12-15)21-13-14-6-3-2-4-7-14/h2-4,6-7,9-10,12,20-21H,5,8,11,13H2,1H3,(H,22,23). The normalized spacial score (nSPS) is 10.3. The Morgan fingerprint density at radius 2 is 1.91 bits per heavy atom. The minimum atomic E-state index is 0.00121. The Morgan fingerprint density at radius 1 is 1.13 bits per heavy atom. The zero-order valence-corrected chi connectivity index (χ0v) is 14.0. The molecule has 0 aliphatic heterocycles. The number of anilines is 2. The maximum Gasteiger partial charge on any atom is 0.224 e. The zero-order valence-electron chi connectivity index (χ0n) is 13.2. The summed E-state index contributed by atoms with van der Waals surface area (Å²) in [7, 11) is 1.87. The van der Waals surface area contributed by atoms with Crippen molar-refractivity contribution >= 4 is 28.9 Å². The molecule has 0 fully saturated rings. The number of hydrogen-bond acceptors (Lipinski definition) is 3. The lowest BCUT2D eigenvalue weighted by Crippen LogP contribution is -2.15. The van der Waals surface area contributed by atoms with E-state index in [1.165, 1.54) is 5.56 Å². The van der Waals surface area contributed by atoms with Gasteiger partial charge in [0.15, 0.2) is 0 Å². The van der Waals surface area contributed by atoms with Crippen molar-refractivity contribution in [1.82, 2.24) is 5.32 Å². The highest BCUT2D eigenvalue weighted by atomic mass is 35.5. The molecule has 2 aromatic carbocycles. The van der Waals surface area contributed by atoms with Gasteiger partial charge in [0.05, 0.1) is 10.7 Å². The molecule has 0 saturated heterocycles. The smallest absolute Gasteiger partial charge is 0.224 e. The fourth-order valence-electron chi connectivity index (χ4n) is 2.18. The fraction of sp³-hybridized carbons (Fsp3) is 0.278. The second-order valence-corrected chi connectivity index (χ2v) is 5.70. The van der Waals surface area contributed by atoms with E-state index >= 15 is 0 Å². The van der Waals surface area contributed by atoms with Crippen LogP contribution in [0.15, 0.2) is 48.5 Å². The fourth-order valence-corrected chi connectivity index (χ4v) is 2.43. The first-order valence-electron chi connectivity index (χ1n) is 7.71. The van der Waals surface area contributed by atoms with Crippen molar-refractivity contribution in [3.63, 3.8) is 0 Å². The molecule has 1 amide bonds. The van der Waals surface area contributed by atoms with E-state index in [0.29, 0.717) is 18.0 Å². The summed E-state index contributed by atoms with van der Waals surface area (Å²) in [5, 5.41) is 9.78. The molecule has 4 nitrogen and oxygen atoms in total. The Hall–Kier alpha value is -2.04. The minimum Gasteiger partial charge on any atom is -0.380 e. The lowest BCUT2D eigenvalue weighted by molar-refractivity contribution is -0.116. The van der Waals surface area contributed by atoms with Crippen LogP contribution in [-0.4, -0.2) is 19.5 Å². The molecule has 0 saturated carbocycles. The molecule has 0 aromatic heterocycles. The van der Waals surface area contributed by atoms with Crippen LogP contribution in [0.2, 0.25) is 5.02 Å². The van der Waals surface area contributed by atoms with E-state index in [4.69, 9.17) is 11.6 Å². The molecule has 23 heavy (non-hydrogen) atoms. The minimum absolute atomic E-state index is 0.00121. The van der Waals surface area contributed by atoms with E-state index in [1.807, 2.05) is 37.4 Å². The number of halogens is 1. The quantitative estimate of drug-likeness (QED) is 0.643. The topological polar surface area (TPSA) is 53.2 Å². The van der Waals surface area contributed by atoms with Gasteiger partial charge >= 0.3 is 0 Å². The third-order valence-electron chi connectivity index (χ3n) is 3.41. The van der Waals surface area contributed by atoms with Crippen LogP contribution in [0.3, 0.4) is 0 Å². The Morgan fingerprint density at radius 3 is 2.61 bits per heavy atom. The van der Waals surface area contributed by atoms with Gasteiger partial charge in [-0.05, 0) is 43.8 Å². The van der Waals surface area contributed by atoms with Crippen LogP contribution >= 0.6 is 11.6 Å². The maximum atomic E-state index is 11.8. The number of hydrogen-bond donors (Lipinski definition) is 3. The Labute approximate surface area is 142 Å². The summed E-state index contributed by atoms with van der Waals surface area (Å²) < 4.78 is 0. The van der Waals surface area contributed by atoms with Crippen LogP contribution in [0, 0.1) is 0 Å². The SMILES string of the molecule is CNCCCC(=O)Nc1ccc(NCc2ccccc2)c(Cl)c1. The van der Waals surface area contributed by atoms with Crippen molar-refractivity contribution in [2.75, 3.05) is 24.2 Å². The number of amides is 1. The molecule has 0 bridgehead atoms. The zero-order chi connectivity index (χ0) is 16.5. The molecule has 122 valence electrons. The third-order valence-corrected chi connectivity index (χ3v) is 3.72. The van der Waals surface area contributed by atoms with E-state index in [9.17, 15) is 4.79 Å². The number of carbonyl (C=O) groups is 1. The Balaban J connectivity index is 1.88. The van der Waals surface area contributed by atoms with Crippen molar-refractivity contribution in [1.29, 1.82) is 0 Å². The monoisotopic (exact) mass is 331 g/mol. The Kier molecular flexibility index (Phi) is 6.91. The van der Waals surface area contributed by atoms with Gasteiger partial charge in [-0.3, -0.25) is 4.79 Å². The van der Waals surface area contributed by atoms with Gasteiger partial charge < -0.3 is 16.0 Å². The van der Waals surface area contributed by atoms with Crippen molar-refractivity contribution in [2.45, 2.75) is 19.4 Å². The summed E-state index contributed by atoms with van der Waals surface area (Å²) in [4.78, 5) is 11.8. The van der Waals surface area contributed by atoms with Gasteiger partial charge in [0.2, 0.25) is 5.91 Å². The molecular weight excluding hydrogens is 310 g/mol. The van der Waals surface area contributed by atoms with Gasteiger partial charge in [-0.1, -0.05) is 41.9 Å². The molecule has 0 unspecified atom stereocenters. The van der Waals surface area contributed by atoms with Gasteiger partial charge in [-0.15, -0.1) is 0 Å². The molecule has 0 atom stereocenters. The molecule has 3 N–H and O–H groups in total. The second kappa shape index (κ2) is 9.18. The number of nitrogens with one attached hydrogen (secondary N) is 3. The predicted molar refractivity (Wildman–Crippen MR) is 97.0 cm³/mol. The predicted octanol–water partition coefficient (Wildman–Crippen LogP) is 3.89. The molecule has 0 aliphatic rings. The second-order valence-electron chi connectivity index (χ2n) is 5.29. The van der Waals surface area contributed by atoms with Crippen LogP contribution in [-0.2, 0) is 11.3 Å². The van der Waals surface area contributed by atoms with Gasteiger partial charge in [-0.25, -0.2) is 0 Å². The van der Waals surface area contributed by atoms with Crippen molar-refractivity contribution in [3.8, 4) is 0 Å². The van der Waals surface area contributed by atoms with Crippen molar-refractivity contribution in [2.24, 2.45) is 0 Å². The molecule has 2 aromatic rings. The van der Waals surface area contributed by atoms with Crippen LogP contribution in [0.1, 0.15) is 18.4 Å². The highest BCUT2D eigenvalue weighted by molar-refractivity contribution is 6.33. The van der Waals surface area contributed by atoms with E-state index in [1.54, 1.807) is 6.07 Å². The van der Waals surface area contributed by atoms with Gasteiger partial charge in [-0.2, -0.15) is 0 Å². The highest BCUT2D eigenvalue weighted by Gasteiger charge is 2.05. The highest BCUT2D eigenvalue weighted by Crippen LogP contribution is 2.26. The summed E-state index contributed by atoms with van der Waals surface area (Å²) in [6, 6.07) is 15.6. The number of carbonyl (C=O) groups excluding carboxylic acids is 1. The molecular formula is C18H22ClN3O. The summed E-state index contributed by atoms with van der Waals surface area (Å²) in [6.45, 7) is 1.53. The average Bonchev–Trinajstić information content (AvgIpc) is 2.55. The third kappa shape index (κ3) is 5.93. The summed E-state index contributed by atoms with van der Waals surface area (Å²) >= 11 is 6.28. The maximum absolute atomic E-state index is 11.8. The van der Waals surface area contributed by atoms with Crippen molar-refractivity contribution < 1.29 is 4.79 Å². The van der Waals surface area contributed by atoms with E-state index < -0.39 is 0 Å². The first-order chi connectivity index (χ1) is 11.2. The van der Waals surface area contributed by atoms with Gasteiger partial charge in [0, 0.05) is 18.7 Å². The molecule has 0 spiro atoms. The van der Waals surface area contributed by atoms with Crippen LogP contribution < -0.4 is 16.0 Å². The molecule has 5 heteroatoms. The summed E-state index contributed by atoms with van der Waals surface area (Å²) in [5.74, 6) is 0.00121. The van der Waals surface area contributed by atoms with E-state index in [2.05, 4.69) is 28.1 Å². The van der Waals surface area contributed by atoms with Gasteiger partial charge in [0.1, 0.15) is 0 Å². The first-order valence-corrected chi connectivity index (χ1v) is 8.08. The van der Waals surface area contributed by atoms with E-state index in [0.717, 1.165) is 24.3 Å². The molecule has 0 radical (unpaired) electrons. The average molecular weight is 332 g/mol. The molecule has 2 rings (SSSR count). The molecule has 0 heterocycles. The first kappa shape index (κ1) is 17.3. The number of benzene rings is 2.